The van der Waals surface area contributed by atoms with Gasteiger partial charge >= 0.3 is 0 Å². The molecule has 0 N–H and O–H groups in total. The van der Waals surface area contributed by atoms with Gasteiger partial charge in [-0.05, 0) is 142 Å². The van der Waals surface area contributed by atoms with Crippen molar-refractivity contribution in [2.45, 2.75) is 105 Å². The molecule has 0 aliphatic carbocycles. The van der Waals surface area contributed by atoms with Gasteiger partial charge in [-0.15, -0.1) is 0 Å². The topological polar surface area (TPSA) is 33.5 Å². The first-order chi connectivity index (χ1) is 32.8. The lowest BCUT2D eigenvalue weighted by Gasteiger charge is -2.33. The molecule has 3 heterocycles. The van der Waals surface area contributed by atoms with Gasteiger partial charge in [0.1, 0.15) is 24.0 Å². The van der Waals surface area contributed by atoms with Crippen LogP contribution >= 0.6 is 0 Å². The third-order valence-electron chi connectivity index (χ3n) is 14.9. The number of fused-ring (bicyclic) bond motifs is 4. The molecule has 0 saturated carbocycles. The van der Waals surface area contributed by atoms with Crippen LogP contribution in [0.5, 0.6) is 11.5 Å². The molecule has 0 spiro atoms. The molecule has 0 unspecified atom stereocenters. The zero-order chi connectivity index (χ0) is 48.6. The zero-order valence-electron chi connectivity index (χ0n) is 42.6. The number of hydrogen-bond acceptors (Lipinski definition) is 4. The Morgan fingerprint density at radius 2 is 0.986 bits per heavy atom. The molecular formula is C64H66N4O. The molecule has 9 aromatic rings. The Labute approximate surface area is 410 Å². The minimum Gasteiger partial charge on any atom is -0.457 e. The van der Waals surface area contributed by atoms with E-state index in [2.05, 4.69) is 261 Å². The Balaban J connectivity index is 1.05. The zero-order valence-corrected chi connectivity index (χ0v) is 42.6. The van der Waals surface area contributed by atoms with Gasteiger partial charge in [0, 0.05) is 51.3 Å². The van der Waals surface area contributed by atoms with E-state index in [4.69, 9.17) is 9.72 Å². The average Bonchev–Trinajstić information content (AvgIpc) is 3.86. The highest BCUT2D eigenvalue weighted by atomic mass is 16.5. The summed E-state index contributed by atoms with van der Waals surface area (Å²) in [4.78, 5) is 9.91. The molecule has 348 valence electrons. The lowest BCUT2D eigenvalue weighted by Crippen LogP contribution is -2.27. The monoisotopic (exact) mass is 907 g/mol. The van der Waals surface area contributed by atoms with Crippen molar-refractivity contribution >= 4 is 44.6 Å². The predicted molar refractivity (Wildman–Crippen MR) is 291 cm³/mol. The molecular weight excluding hydrogens is 841 g/mol. The standard InChI is InChI=1S/C64H66N4O/c1-42-32-58-59(33-43(42)2)67(51-35-48(63(9,10)44-20-15-13-16-21-44)34-49(36-51)64(11,12)45-22-17-14-18-23-45)41-66(58)50-24-19-25-52(39-50)69-53-27-28-54-55-37-46(61(3,4)5)26-29-56(55)68(57(54)40-53)60-38-47(30-31-65-60)62(6,7)8/h13-40H,41H2,1-12H3. The molecule has 0 radical (unpaired) electrons. The number of pyridine rings is 1. The summed E-state index contributed by atoms with van der Waals surface area (Å²) in [5.74, 6) is 2.45. The maximum atomic E-state index is 6.89. The van der Waals surface area contributed by atoms with E-state index in [1.807, 2.05) is 6.20 Å². The molecule has 5 nitrogen and oxygen atoms in total. The summed E-state index contributed by atoms with van der Waals surface area (Å²) in [5.41, 5.74) is 16.5. The Bertz CT molecular complexity index is 3310. The summed E-state index contributed by atoms with van der Waals surface area (Å²) in [6.07, 6.45) is 1.94. The van der Waals surface area contributed by atoms with Crippen LogP contribution in [0.2, 0.25) is 0 Å². The van der Waals surface area contributed by atoms with Gasteiger partial charge in [0.05, 0.1) is 22.4 Å². The summed E-state index contributed by atoms with van der Waals surface area (Å²) < 4.78 is 9.19. The molecule has 0 amide bonds. The first-order valence-electron chi connectivity index (χ1n) is 24.5. The molecule has 1 aliphatic heterocycles. The minimum absolute atomic E-state index is 0.0110. The second-order valence-electron chi connectivity index (χ2n) is 22.4. The van der Waals surface area contributed by atoms with Crippen molar-refractivity contribution in [1.82, 2.24) is 9.55 Å². The Morgan fingerprint density at radius 1 is 0.420 bits per heavy atom. The maximum Gasteiger partial charge on any atom is 0.137 e. The molecule has 2 aromatic heterocycles. The van der Waals surface area contributed by atoms with Crippen LogP contribution < -0.4 is 14.5 Å². The van der Waals surface area contributed by atoms with Crippen LogP contribution in [-0.2, 0) is 21.7 Å². The van der Waals surface area contributed by atoms with Gasteiger partial charge in [0.2, 0.25) is 0 Å². The Kier molecular flexibility index (Phi) is 11.1. The molecule has 0 bridgehead atoms. The van der Waals surface area contributed by atoms with Crippen LogP contribution in [0.25, 0.3) is 27.6 Å². The fraction of sp³-hybridized carbons (Fsp3) is 0.266. The number of nitrogens with zero attached hydrogens (tertiary/aromatic N) is 4. The number of aromatic nitrogens is 2. The van der Waals surface area contributed by atoms with Crippen molar-refractivity contribution < 1.29 is 4.74 Å². The van der Waals surface area contributed by atoms with Gasteiger partial charge in [0.15, 0.2) is 0 Å². The lowest BCUT2D eigenvalue weighted by atomic mass is 9.73. The summed E-state index contributed by atoms with van der Waals surface area (Å²) in [7, 11) is 0. The second kappa shape index (κ2) is 16.8. The Hall–Kier alpha value is -7.11. The van der Waals surface area contributed by atoms with Gasteiger partial charge in [-0.1, -0.05) is 148 Å². The average molecular weight is 907 g/mol. The molecule has 10 rings (SSSR count). The second-order valence-corrected chi connectivity index (χ2v) is 22.4. The molecule has 5 heteroatoms. The molecule has 0 atom stereocenters. The molecule has 69 heavy (non-hydrogen) atoms. The van der Waals surface area contributed by atoms with Crippen LogP contribution in [0.3, 0.4) is 0 Å². The number of rotatable bonds is 9. The van der Waals surface area contributed by atoms with Gasteiger partial charge in [-0.3, -0.25) is 4.57 Å². The van der Waals surface area contributed by atoms with Crippen LogP contribution in [0.4, 0.5) is 22.7 Å². The van der Waals surface area contributed by atoms with Crippen LogP contribution in [0, 0.1) is 13.8 Å². The molecule has 0 saturated heterocycles. The largest absolute Gasteiger partial charge is 0.457 e. The normalized spacial score (nSPS) is 13.4. The summed E-state index contributed by atoms with van der Waals surface area (Å²) in [6, 6.07) is 60.2. The highest BCUT2D eigenvalue weighted by Crippen LogP contribution is 2.49. The van der Waals surface area contributed by atoms with Crippen molar-refractivity contribution in [1.29, 1.82) is 0 Å². The molecule has 1 aliphatic rings. The highest BCUT2D eigenvalue weighted by Gasteiger charge is 2.34. The summed E-state index contributed by atoms with van der Waals surface area (Å²) >= 11 is 0. The van der Waals surface area contributed by atoms with Crippen molar-refractivity contribution in [3.63, 3.8) is 0 Å². The van der Waals surface area contributed by atoms with E-state index in [1.165, 1.54) is 72.3 Å². The lowest BCUT2D eigenvalue weighted by molar-refractivity contribution is 0.483. The van der Waals surface area contributed by atoms with Gasteiger partial charge in [-0.25, -0.2) is 4.98 Å². The number of hydrogen-bond donors (Lipinski definition) is 0. The van der Waals surface area contributed by atoms with Crippen LogP contribution in [0.15, 0.2) is 170 Å². The first-order valence-corrected chi connectivity index (χ1v) is 24.5. The van der Waals surface area contributed by atoms with E-state index in [0.29, 0.717) is 6.67 Å². The van der Waals surface area contributed by atoms with Crippen LogP contribution in [-0.4, -0.2) is 16.2 Å². The van der Waals surface area contributed by atoms with Gasteiger partial charge < -0.3 is 14.5 Å². The van der Waals surface area contributed by atoms with E-state index < -0.39 is 0 Å². The highest BCUT2D eigenvalue weighted by molar-refractivity contribution is 6.10. The van der Waals surface area contributed by atoms with Crippen molar-refractivity contribution in [3.05, 3.63) is 214 Å². The maximum absolute atomic E-state index is 6.89. The predicted octanol–water partition coefficient (Wildman–Crippen LogP) is 17.1. The fourth-order valence-corrected chi connectivity index (χ4v) is 10.1. The van der Waals surface area contributed by atoms with Crippen molar-refractivity contribution in [3.8, 4) is 17.3 Å². The summed E-state index contributed by atoms with van der Waals surface area (Å²) in [5, 5.41) is 2.38. The molecule has 0 fully saturated rings. The quantitative estimate of drug-likeness (QED) is 0.144. The number of aryl methyl sites for hydroxylation is 2. The van der Waals surface area contributed by atoms with E-state index in [0.717, 1.165) is 34.0 Å². The smallest absolute Gasteiger partial charge is 0.137 e. The third kappa shape index (κ3) is 8.36. The van der Waals surface area contributed by atoms with E-state index in [-0.39, 0.29) is 21.7 Å². The Morgan fingerprint density at radius 3 is 1.58 bits per heavy atom. The van der Waals surface area contributed by atoms with E-state index in [1.54, 1.807) is 0 Å². The first kappa shape index (κ1) is 45.7. The fourth-order valence-electron chi connectivity index (χ4n) is 10.1. The minimum atomic E-state index is -0.240. The number of benzene rings is 7. The molecule has 7 aromatic carbocycles. The van der Waals surface area contributed by atoms with Gasteiger partial charge in [-0.2, -0.15) is 0 Å². The summed E-state index contributed by atoms with van der Waals surface area (Å²) in [6.45, 7) is 28.1. The van der Waals surface area contributed by atoms with E-state index >= 15 is 0 Å². The third-order valence-corrected chi connectivity index (χ3v) is 14.9. The van der Waals surface area contributed by atoms with Crippen molar-refractivity contribution in [2.24, 2.45) is 0 Å². The van der Waals surface area contributed by atoms with Crippen LogP contribution in [0.1, 0.15) is 114 Å². The van der Waals surface area contributed by atoms with Gasteiger partial charge in [0.25, 0.3) is 0 Å². The van der Waals surface area contributed by atoms with Crippen molar-refractivity contribution in [2.75, 3.05) is 16.5 Å². The SMILES string of the molecule is Cc1cc2c(cc1C)N(c1cc(C(C)(C)c3ccccc3)cc(C(C)(C)c3ccccc3)c1)CN2c1cccc(Oc2ccc3c4cc(C(C)(C)C)ccc4n(-c4cc(C(C)(C)C)ccn4)c3c2)c1. The number of anilines is 4. The number of ether oxygens (including phenoxy) is 1. The van der Waals surface area contributed by atoms with E-state index in [9.17, 15) is 0 Å².